The van der Waals surface area contributed by atoms with Gasteiger partial charge in [-0.25, -0.2) is 0 Å². The van der Waals surface area contributed by atoms with Gasteiger partial charge in [0.25, 0.3) is 0 Å². The highest BCUT2D eigenvalue weighted by Gasteiger charge is 2.47. The first-order valence-corrected chi connectivity index (χ1v) is 13.5. The molecule has 2 aromatic carbocycles. The molecule has 3 aromatic rings. The van der Waals surface area contributed by atoms with E-state index in [4.69, 9.17) is 4.74 Å². The Balaban J connectivity index is 1.23. The van der Waals surface area contributed by atoms with Crippen LogP contribution in [0.4, 0.5) is 0 Å². The number of aromatic amines is 1. The number of amides is 1. The van der Waals surface area contributed by atoms with Gasteiger partial charge in [-0.2, -0.15) is 0 Å². The number of fused-ring (bicyclic) bond motifs is 1. The van der Waals surface area contributed by atoms with Crippen molar-refractivity contribution < 1.29 is 9.53 Å². The van der Waals surface area contributed by atoms with Crippen LogP contribution in [0.25, 0.3) is 10.9 Å². The largest absolute Gasteiger partial charge is 0.375 e. The molecule has 0 radical (unpaired) electrons. The van der Waals surface area contributed by atoms with E-state index in [-0.39, 0.29) is 9.99 Å². The lowest BCUT2D eigenvalue weighted by molar-refractivity contribution is -0.136. The van der Waals surface area contributed by atoms with Gasteiger partial charge in [-0.1, -0.05) is 48.5 Å². The predicted octanol–water partition coefficient (Wildman–Crippen LogP) is 5.65. The first-order chi connectivity index (χ1) is 15.7. The lowest BCUT2D eigenvalue weighted by Crippen LogP contribution is -2.46. The molecule has 168 valence electrons. The van der Waals surface area contributed by atoms with Crippen LogP contribution in [0.5, 0.6) is 0 Å². The zero-order valence-corrected chi connectivity index (χ0v) is 19.9. The summed E-state index contributed by atoms with van der Waals surface area (Å²) in [5, 5.41) is 1.26. The predicted molar refractivity (Wildman–Crippen MR) is 135 cm³/mol. The van der Waals surface area contributed by atoms with Gasteiger partial charge in [-0.05, 0) is 53.3 Å². The second-order valence-corrected chi connectivity index (χ2v) is 11.5. The summed E-state index contributed by atoms with van der Waals surface area (Å²) in [7, 11) is 0. The number of nitrogens with zero attached hydrogens (tertiary/aromatic N) is 1. The van der Waals surface area contributed by atoms with Crippen molar-refractivity contribution in [3.05, 3.63) is 71.9 Å². The van der Waals surface area contributed by atoms with Crippen LogP contribution < -0.4 is 0 Å². The molecule has 1 N–H and O–H groups in total. The van der Waals surface area contributed by atoms with Crippen LogP contribution in [0.3, 0.4) is 0 Å². The molecule has 0 spiro atoms. The number of rotatable bonds is 7. The molecule has 1 aromatic heterocycles. The van der Waals surface area contributed by atoms with Gasteiger partial charge in [-0.3, -0.25) is 4.79 Å². The number of piperidine rings is 1. The molecule has 0 aliphatic carbocycles. The van der Waals surface area contributed by atoms with E-state index < -0.39 is 0 Å². The molecule has 2 fully saturated rings. The molecule has 2 saturated heterocycles. The summed E-state index contributed by atoms with van der Waals surface area (Å²) >= 11 is 4.09. The molecule has 1 amide bonds. The lowest BCUT2D eigenvalue weighted by Gasteiger charge is -2.45. The minimum absolute atomic E-state index is 0.0527. The monoisotopic (exact) mass is 466 g/mol. The number of likely N-dealkylation sites (tertiary alicyclic amines) is 1. The third kappa shape index (κ3) is 4.59. The quantitative estimate of drug-likeness (QED) is 0.457. The average Bonchev–Trinajstić information content (AvgIpc) is 3.29. The molecule has 2 aliphatic rings. The number of nitrogens with one attached hydrogen (secondary N) is 1. The standard InChI is InChI=1S/C26H30N2O2S2/c29-25-18-22(11-12-28(25)13-14-30-19-20-7-2-1-3-8-20)26(31-15-6-16-32-26)24-17-21-9-4-5-10-23(21)27-24/h1-5,7-10,17,22,27H,6,11-16,18-19H2. The number of thioether (sulfide) groups is 2. The van der Waals surface area contributed by atoms with E-state index in [1.807, 2.05) is 46.6 Å². The molecule has 6 heteroatoms. The molecular formula is C26H30N2O2S2. The molecule has 0 bridgehead atoms. The number of H-pyrrole nitrogens is 1. The zero-order valence-electron chi connectivity index (χ0n) is 18.3. The highest BCUT2D eigenvalue weighted by Crippen LogP contribution is 2.57. The maximum atomic E-state index is 13.1. The van der Waals surface area contributed by atoms with Crippen molar-refractivity contribution in [3.8, 4) is 0 Å². The SMILES string of the molecule is O=C1CC(C2(c3cc4ccccc4[nH]3)SCCCS2)CCN1CCOCc1ccccc1. The van der Waals surface area contributed by atoms with Crippen LogP contribution in [0, 0.1) is 5.92 Å². The highest BCUT2D eigenvalue weighted by molar-refractivity contribution is 8.18. The highest BCUT2D eigenvalue weighted by atomic mass is 32.2. The topological polar surface area (TPSA) is 45.3 Å². The number of carbonyl (C=O) groups is 1. The maximum absolute atomic E-state index is 13.1. The molecule has 0 saturated carbocycles. The summed E-state index contributed by atoms with van der Waals surface area (Å²) in [6.45, 7) is 2.68. The van der Waals surface area contributed by atoms with Crippen molar-refractivity contribution in [3.63, 3.8) is 0 Å². The first-order valence-electron chi connectivity index (χ1n) is 11.5. The number of hydrogen-bond donors (Lipinski definition) is 1. The van der Waals surface area contributed by atoms with Crippen molar-refractivity contribution in [1.29, 1.82) is 0 Å². The third-order valence-electron chi connectivity index (χ3n) is 6.50. The fourth-order valence-electron chi connectivity index (χ4n) is 4.80. The Morgan fingerprint density at radius 1 is 1.06 bits per heavy atom. The van der Waals surface area contributed by atoms with Crippen molar-refractivity contribution in [2.75, 3.05) is 31.2 Å². The van der Waals surface area contributed by atoms with Gasteiger partial charge < -0.3 is 14.6 Å². The van der Waals surface area contributed by atoms with E-state index >= 15 is 0 Å². The Bertz CT molecular complexity index is 1010. The van der Waals surface area contributed by atoms with Gasteiger partial charge in [-0.15, -0.1) is 23.5 Å². The second-order valence-electron chi connectivity index (χ2n) is 8.60. The van der Waals surface area contributed by atoms with E-state index in [0.29, 0.717) is 32.1 Å². The van der Waals surface area contributed by atoms with Crippen molar-refractivity contribution in [2.45, 2.75) is 29.9 Å². The van der Waals surface area contributed by atoms with Crippen molar-refractivity contribution >= 4 is 40.3 Å². The van der Waals surface area contributed by atoms with Gasteiger partial charge >= 0.3 is 0 Å². The molecule has 1 unspecified atom stereocenters. The first kappa shape index (κ1) is 21.9. The van der Waals surface area contributed by atoms with Crippen LogP contribution in [-0.4, -0.2) is 47.0 Å². The second kappa shape index (κ2) is 9.94. The third-order valence-corrected chi connectivity index (χ3v) is 10.2. The maximum Gasteiger partial charge on any atom is 0.223 e. The van der Waals surface area contributed by atoms with Crippen LogP contribution in [0.15, 0.2) is 60.7 Å². The molecule has 32 heavy (non-hydrogen) atoms. The number of aromatic nitrogens is 1. The molecule has 4 nitrogen and oxygen atoms in total. The molecule has 5 rings (SSSR count). The summed E-state index contributed by atoms with van der Waals surface area (Å²) in [5.74, 6) is 2.93. The van der Waals surface area contributed by atoms with Crippen LogP contribution >= 0.6 is 23.5 Å². The number of para-hydroxylation sites is 1. The Hall–Kier alpha value is -1.89. The molecule has 3 heterocycles. The summed E-state index contributed by atoms with van der Waals surface area (Å²) in [5.41, 5.74) is 3.64. The molecular weight excluding hydrogens is 436 g/mol. The van der Waals surface area contributed by atoms with E-state index in [9.17, 15) is 4.79 Å². The van der Waals surface area contributed by atoms with Gasteiger partial charge in [0, 0.05) is 30.7 Å². The van der Waals surface area contributed by atoms with E-state index in [2.05, 4.69) is 47.4 Å². The number of benzene rings is 2. The van der Waals surface area contributed by atoms with Crippen molar-refractivity contribution in [2.24, 2.45) is 5.92 Å². The number of hydrogen-bond acceptors (Lipinski definition) is 4. The van der Waals surface area contributed by atoms with Crippen LogP contribution in [0.2, 0.25) is 0 Å². The normalized spacial score (nSPS) is 21.2. The molecule has 2 aliphatic heterocycles. The summed E-state index contributed by atoms with van der Waals surface area (Å²) in [4.78, 5) is 18.8. The smallest absolute Gasteiger partial charge is 0.223 e. The van der Waals surface area contributed by atoms with Crippen molar-refractivity contribution in [1.82, 2.24) is 9.88 Å². The Labute approximate surface area is 198 Å². The minimum atomic E-state index is -0.0527. The number of ether oxygens (including phenoxy) is 1. The Morgan fingerprint density at radius 3 is 2.62 bits per heavy atom. The summed E-state index contributed by atoms with van der Waals surface area (Å²) in [6.07, 6.45) is 2.90. The molecule has 1 atom stereocenters. The number of carbonyl (C=O) groups excluding carboxylic acids is 1. The zero-order chi connectivity index (χ0) is 21.8. The van der Waals surface area contributed by atoms with Gasteiger partial charge in [0.2, 0.25) is 5.91 Å². The fourth-order valence-corrected chi connectivity index (χ4v) is 8.40. The van der Waals surface area contributed by atoms with Gasteiger partial charge in [0.15, 0.2) is 0 Å². The minimum Gasteiger partial charge on any atom is -0.375 e. The lowest BCUT2D eigenvalue weighted by atomic mass is 9.90. The Kier molecular flexibility index (Phi) is 6.81. The average molecular weight is 467 g/mol. The van der Waals surface area contributed by atoms with Crippen LogP contribution in [0.1, 0.15) is 30.5 Å². The fraction of sp³-hybridized carbons (Fsp3) is 0.423. The summed E-state index contributed by atoms with van der Waals surface area (Å²) in [6, 6.07) is 21.0. The van der Waals surface area contributed by atoms with Crippen LogP contribution in [-0.2, 0) is 20.2 Å². The van der Waals surface area contributed by atoms with Gasteiger partial charge in [0.05, 0.1) is 13.2 Å². The van der Waals surface area contributed by atoms with E-state index in [1.165, 1.54) is 28.6 Å². The van der Waals surface area contributed by atoms with Gasteiger partial charge in [0.1, 0.15) is 4.08 Å². The Morgan fingerprint density at radius 2 is 1.84 bits per heavy atom. The van der Waals surface area contributed by atoms with E-state index in [0.717, 1.165) is 24.5 Å². The van der Waals surface area contributed by atoms with E-state index in [1.54, 1.807) is 0 Å². The summed E-state index contributed by atoms with van der Waals surface area (Å²) < 4.78 is 5.78.